The minimum absolute atomic E-state index is 0.125. The van der Waals surface area contributed by atoms with Crippen LogP contribution in [0.1, 0.15) is 25.7 Å². The minimum atomic E-state index is -0.125. The van der Waals surface area contributed by atoms with E-state index in [0.29, 0.717) is 0 Å². The first kappa shape index (κ1) is 8.75. The second-order valence-corrected chi connectivity index (χ2v) is 3.15. The van der Waals surface area contributed by atoms with Gasteiger partial charge in [0.25, 0.3) is 0 Å². The average Bonchev–Trinajstić information content (AvgIpc) is 2.67. The molecule has 2 aliphatic rings. The van der Waals surface area contributed by atoms with E-state index in [1.807, 2.05) is 0 Å². The van der Waals surface area contributed by atoms with Crippen molar-refractivity contribution < 1.29 is 10.2 Å². The van der Waals surface area contributed by atoms with Crippen molar-refractivity contribution in [3.05, 3.63) is 11.6 Å². The Bertz CT molecular complexity index is 138. The van der Waals surface area contributed by atoms with Crippen LogP contribution in [-0.2, 0) is 0 Å². The lowest BCUT2D eigenvalue weighted by Gasteiger charge is -1.98. The molecule has 0 heterocycles. The second-order valence-electron chi connectivity index (χ2n) is 3.15. The molecule has 0 aromatic heterocycles. The molecule has 2 heteroatoms. The molecule has 0 amide bonds. The third-order valence-electron chi connectivity index (χ3n) is 2.26. The fraction of sp³-hybridized carbons (Fsp3) is 0.778. The zero-order chi connectivity index (χ0) is 8.10. The van der Waals surface area contributed by atoms with Crippen molar-refractivity contribution in [2.45, 2.75) is 25.7 Å². The van der Waals surface area contributed by atoms with Gasteiger partial charge in [-0.25, -0.2) is 0 Å². The molecule has 1 atom stereocenters. The predicted molar refractivity (Wildman–Crippen MR) is 44.2 cm³/mol. The topological polar surface area (TPSA) is 40.5 Å². The summed E-state index contributed by atoms with van der Waals surface area (Å²) in [5, 5.41) is 15.2. The Morgan fingerprint density at radius 1 is 1.36 bits per heavy atom. The maximum absolute atomic E-state index is 7.62. The summed E-state index contributed by atoms with van der Waals surface area (Å²) in [7, 11) is 0. The van der Waals surface area contributed by atoms with Gasteiger partial charge in [0.2, 0.25) is 0 Å². The van der Waals surface area contributed by atoms with Crippen LogP contribution in [0.2, 0.25) is 0 Å². The lowest BCUT2D eigenvalue weighted by Crippen LogP contribution is -1.85. The second kappa shape index (κ2) is 4.52. The molecule has 0 radical (unpaired) electrons. The van der Waals surface area contributed by atoms with Crippen LogP contribution < -0.4 is 0 Å². The van der Waals surface area contributed by atoms with Gasteiger partial charge in [-0.15, -0.1) is 0 Å². The summed E-state index contributed by atoms with van der Waals surface area (Å²) in [4.78, 5) is 0. The summed E-state index contributed by atoms with van der Waals surface area (Å²) in [5.41, 5.74) is 1.74. The third kappa shape index (κ3) is 2.64. The van der Waals surface area contributed by atoms with E-state index < -0.39 is 0 Å². The Morgan fingerprint density at radius 3 is 2.18 bits per heavy atom. The molecule has 2 N–H and O–H groups in total. The van der Waals surface area contributed by atoms with Crippen molar-refractivity contribution in [2.24, 2.45) is 5.92 Å². The van der Waals surface area contributed by atoms with Gasteiger partial charge in [-0.2, -0.15) is 0 Å². The number of aliphatic hydroxyl groups is 2. The lowest BCUT2D eigenvalue weighted by molar-refractivity contribution is 0.186. The first-order chi connectivity index (χ1) is 5.36. The Kier molecular flexibility index (Phi) is 3.60. The molecule has 1 fully saturated rings. The zero-order valence-electron chi connectivity index (χ0n) is 6.79. The maximum atomic E-state index is 7.62. The van der Waals surface area contributed by atoms with E-state index in [4.69, 9.17) is 10.2 Å². The lowest BCUT2D eigenvalue weighted by atomic mass is 10.1. The van der Waals surface area contributed by atoms with E-state index in [-0.39, 0.29) is 13.2 Å². The van der Waals surface area contributed by atoms with Gasteiger partial charge in [0.15, 0.2) is 0 Å². The fourth-order valence-electron chi connectivity index (χ4n) is 1.68. The molecule has 0 aliphatic heterocycles. The molecule has 0 aromatic carbocycles. The molecule has 2 rings (SSSR count). The van der Waals surface area contributed by atoms with E-state index in [1.165, 1.54) is 25.7 Å². The van der Waals surface area contributed by atoms with Crippen molar-refractivity contribution in [3.8, 4) is 0 Å². The quantitative estimate of drug-likeness (QED) is 0.558. The fourth-order valence-corrected chi connectivity index (χ4v) is 1.68. The molecule has 0 spiro atoms. The summed E-state index contributed by atoms with van der Waals surface area (Å²) < 4.78 is 0. The number of aliphatic hydroxyl groups excluding tert-OH is 2. The summed E-state index contributed by atoms with van der Waals surface area (Å²) in [5.74, 6) is 1.08. The number of hydrogen-bond donors (Lipinski definition) is 2. The Balaban J connectivity index is 0.000000134. The van der Waals surface area contributed by atoms with Crippen molar-refractivity contribution in [3.63, 3.8) is 0 Å². The summed E-state index contributed by atoms with van der Waals surface area (Å²) >= 11 is 0. The highest BCUT2D eigenvalue weighted by atomic mass is 16.3. The smallest absolute Gasteiger partial charge is 0.0662 e. The Hall–Kier alpha value is -0.340. The van der Waals surface area contributed by atoms with E-state index in [2.05, 4.69) is 6.08 Å². The van der Waals surface area contributed by atoms with Gasteiger partial charge >= 0.3 is 0 Å². The molecule has 64 valence electrons. The van der Waals surface area contributed by atoms with Gasteiger partial charge in [-0.3, -0.25) is 0 Å². The van der Waals surface area contributed by atoms with Gasteiger partial charge in [-0.1, -0.05) is 11.6 Å². The van der Waals surface area contributed by atoms with Crippen LogP contribution in [0.3, 0.4) is 0 Å². The maximum Gasteiger partial charge on any atom is 0.0662 e. The normalized spacial score (nSPS) is 26.0. The monoisotopic (exact) mass is 156 g/mol. The predicted octanol–water partition coefficient (Wildman–Crippen LogP) is 1.09. The summed E-state index contributed by atoms with van der Waals surface area (Å²) in [6, 6.07) is 0. The van der Waals surface area contributed by atoms with Crippen LogP contribution in [0.15, 0.2) is 11.6 Å². The van der Waals surface area contributed by atoms with Crippen LogP contribution >= 0.6 is 0 Å². The van der Waals surface area contributed by atoms with Crippen LogP contribution in [0.25, 0.3) is 0 Å². The first-order valence-electron chi connectivity index (χ1n) is 4.26. The van der Waals surface area contributed by atoms with E-state index >= 15 is 0 Å². The summed E-state index contributed by atoms with van der Waals surface area (Å²) in [6.07, 6.45) is 8.18. The number of hydrogen-bond acceptors (Lipinski definition) is 2. The third-order valence-corrected chi connectivity index (χ3v) is 2.26. The highest BCUT2D eigenvalue weighted by Crippen LogP contribution is 2.38. The standard InChI is InChI=1S/C7H10.C2H6O2/c1-2-7-4-3-6(1)5-7;3-1-2-4/h1,7H,2-5H2;3-4H,1-2H2. The van der Waals surface area contributed by atoms with Crippen LogP contribution in [0.4, 0.5) is 0 Å². The Morgan fingerprint density at radius 2 is 2.09 bits per heavy atom. The van der Waals surface area contributed by atoms with Crippen molar-refractivity contribution >= 4 is 0 Å². The highest BCUT2D eigenvalue weighted by molar-refractivity contribution is 5.15. The highest BCUT2D eigenvalue weighted by Gasteiger charge is 2.22. The number of fused-ring (bicyclic) bond motifs is 2. The van der Waals surface area contributed by atoms with Gasteiger partial charge in [0.05, 0.1) is 13.2 Å². The van der Waals surface area contributed by atoms with Crippen molar-refractivity contribution in [1.29, 1.82) is 0 Å². The Labute approximate surface area is 67.6 Å². The van der Waals surface area contributed by atoms with Gasteiger partial charge in [0.1, 0.15) is 0 Å². The SMILES string of the molecule is C1=C2CCC(C1)C2.OCCO. The molecular formula is C9H16O2. The molecule has 2 nitrogen and oxygen atoms in total. The largest absolute Gasteiger partial charge is 0.394 e. The van der Waals surface area contributed by atoms with Gasteiger partial charge < -0.3 is 10.2 Å². The molecule has 11 heavy (non-hydrogen) atoms. The summed E-state index contributed by atoms with van der Waals surface area (Å²) in [6.45, 7) is -0.250. The van der Waals surface area contributed by atoms with Crippen molar-refractivity contribution in [1.82, 2.24) is 0 Å². The molecule has 0 aromatic rings. The first-order valence-corrected chi connectivity index (χ1v) is 4.26. The number of allylic oxidation sites excluding steroid dienone is 2. The van der Waals surface area contributed by atoms with Crippen LogP contribution in [0.5, 0.6) is 0 Å². The number of rotatable bonds is 1. The van der Waals surface area contributed by atoms with Gasteiger partial charge in [0, 0.05) is 0 Å². The average molecular weight is 156 g/mol. The minimum Gasteiger partial charge on any atom is -0.394 e. The molecule has 1 saturated carbocycles. The van der Waals surface area contributed by atoms with E-state index in [9.17, 15) is 0 Å². The molecule has 0 saturated heterocycles. The van der Waals surface area contributed by atoms with E-state index in [0.717, 1.165) is 5.92 Å². The molecule has 2 bridgehead atoms. The van der Waals surface area contributed by atoms with Crippen LogP contribution in [0, 0.1) is 5.92 Å². The molecular weight excluding hydrogens is 140 g/mol. The van der Waals surface area contributed by atoms with Gasteiger partial charge in [-0.05, 0) is 31.6 Å². The van der Waals surface area contributed by atoms with Crippen LogP contribution in [-0.4, -0.2) is 23.4 Å². The van der Waals surface area contributed by atoms with E-state index in [1.54, 1.807) is 5.57 Å². The van der Waals surface area contributed by atoms with Crippen molar-refractivity contribution in [2.75, 3.05) is 13.2 Å². The zero-order valence-corrected chi connectivity index (χ0v) is 6.79. The molecule has 1 unspecified atom stereocenters. The molecule has 2 aliphatic carbocycles.